The summed E-state index contributed by atoms with van der Waals surface area (Å²) in [4.78, 5) is 4.40. The quantitative estimate of drug-likeness (QED) is 0.717. The molecule has 3 nitrogen and oxygen atoms in total. The summed E-state index contributed by atoms with van der Waals surface area (Å²) in [5.41, 5.74) is 2.08. The first-order valence-electron chi connectivity index (χ1n) is 4.57. The van der Waals surface area contributed by atoms with Crippen molar-refractivity contribution in [2.75, 3.05) is 0 Å². The van der Waals surface area contributed by atoms with E-state index in [1.807, 2.05) is 24.3 Å². The summed E-state index contributed by atoms with van der Waals surface area (Å²) in [6.45, 7) is 2.92. The fourth-order valence-electron chi connectivity index (χ4n) is 1.60. The number of imidazole rings is 1. The molecule has 0 saturated carbocycles. The monoisotopic (exact) mass is 185 g/mol. The lowest BCUT2D eigenvalue weighted by atomic mass is 10.3. The first kappa shape index (κ1) is 8.73. The number of hydrogen-bond acceptors (Lipinski definition) is 2. The normalized spacial score (nSPS) is 10.1. The molecule has 2 aromatic rings. The van der Waals surface area contributed by atoms with Crippen LogP contribution in [0.1, 0.15) is 12.7 Å². The second kappa shape index (κ2) is 3.48. The number of hydrogen-bond donors (Lipinski definition) is 1. The van der Waals surface area contributed by atoms with E-state index in [0.717, 1.165) is 23.4 Å². The van der Waals surface area contributed by atoms with Gasteiger partial charge in [0.25, 0.3) is 0 Å². The van der Waals surface area contributed by atoms with E-state index in [-0.39, 0.29) is 0 Å². The summed E-state index contributed by atoms with van der Waals surface area (Å²) in [5, 5.41) is 6.93. The number of fused-ring (bicyclic) bond motifs is 1. The number of para-hydroxylation sites is 2. The molecule has 1 N–H and O–H groups in total. The van der Waals surface area contributed by atoms with Gasteiger partial charge < -0.3 is 4.57 Å². The number of rotatable bonds is 2. The molecule has 0 spiro atoms. The van der Waals surface area contributed by atoms with Gasteiger partial charge in [-0.2, -0.15) is 0 Å². The van der Waals surface area contributed by atoms with E-state index in [1.54, 1.807) is 6.08 Å². The minimum absolute atomic E-state index is 0.795. The Hall–Kier alpha value is -1.86. The molecule has 0 bridgehead atoms. The van der Waals surface area contributed by atoms with Crippen LogP contribution in [-0.2, 0) is 6.54 Å². The lowest BCUT2D eigenvalue weighted by Crippen LogP contribution is -1.96. The van der Waals surface area contributed by atoms with Crippen molar-refractivity contribution in [3.8, 4) is 0 Å². The zero-order valence-corrected chi connectivity index (χ0v) is 7.99. The van der Waals surface area contributed by atoms with E-state index in [2.05, 4.69) is 22.3 Å². The molecule has 1 aromatic carbocycles. The van der Waals surface area contributed by atoms with E-state index in [9.17, 15) is 0 Å². The molecule has 0 aliphatic heterocycles. The van der Waals surface area contributed by atoms with Crippen LogP contribution < -0.4 is 0 Å². The van der Waals surface area contributed by atoms with Crippen LogP contribution in [-0.4, -0.2) is 15.4 Å². The van der Waals surface area contributed by atoms with Crippen LogP contribution in [0, 0.1) is 5.41 Å². The Labute approximate surface area is 82.2 Å². The maximum absolute atomic E-state index is 6.93. The Bertz CT molecular complexity index is 504. The molecule has 0 radical (unpaired) electrons. The average molecular weight is 185 g/mol. The van der Waals surface area contributed by atoms with Gasteiger partial charge in [0.2, 0.25) is 0 Å². The fraction of sp³-hybridized carbons (Fsp3) is 0.182. The summed E-state index contributed by atoms with van der Waals surface area (Å²) in [6.07, 6.45) is 1.59. The van der Waals surface area contributed by atoms with Gasteiger partial charge in [0.05, 0.1) is 11.0 Å². The van der Waals surface area contributed by atoms with Crippen LogP contribution in [0.5, 0.6) is 0 Å². The van der Waals surface area contributed by atoms with Gasteiger partial charge >= 0.3 is 0 Å². The SMILES string of the molecule is CCn1c(C=C=N)nc2ccccc21. The van der Waals surface area contributed by atoms with Crippen molar-refractivity contribution in [3.63, 3.8) is 0 Å². The molecule has 3 heteroatoms. The van der Waals surface area contributed by atoms with Gasteiger partial charge in [-0.05, 0) is 24.9 Å². The van der Waals surface area contributed by atoms with Crippen LogP contribution in [0.2, 0.25) is 0 Å². The molecule has 0 aliphatic rings. The lowest BCUT2D eigenvalue weighted by molar-refractivity contribution is 0.778. The van der Waals surface area contributed by atoms with Crippen molar-refractivity contribution in [1.82, 2.24) is 9.55 Å². The molecule has 0 aliphatic carbocycles. The van der Waals surface area contributed by atoms with E-state index >= 15 is 0 Å². The average Bonchev–Trinajstić information content (AvgIpc) is 2.55. The molecule has 0 unspecified atom stereocenters. The number of aryl methyl sites for hydroxylation is 1. The maximum Gasteiger partial charge on any atom is 0.143 e. The molecular weight excluding hydrogens is 174 g/mol. The van der Waals surface area contributed by atoms with E-state index in [0.29, 0.717) is 0 Å². The zero-order chi connectivity index (χ0) is 9.97. The van der Waals surface area contributed by atoms with Crippen LogP contribution in [0.4, 0.5) is 0 Å². The first-order valence-corrected chi connectivity index (χ1v) is 4.57. The zero-order valence-electron chi connectivity index (χ0n) is 7.99. The predicted octanol–water partition coefficient (Wildman–Crippen LogP) is 2.32. The summed E-state index contributed by atoms with van der Waals surface area (Å²) in [6, 6.07) is 7.97. The van der Waals surface area contributed by atoms with Crippen molar-refractivity contribution < 1.29 is 0 Å². The standard InChI is InChI=1S/C11H11N3/c1-2-14-10-6-4-3-5-9(10)13-11(14)7-8-12/h3-7,12H,2H2,1H3. The van der Waals surface area contributed by atoms with Gasteiger partial charge in [0.15, 0.2) is 0 Å². The van der Waals surface area contributed by atoms with Crippen LogP contribution in [0.3, 0.4) is 0 Å². The highest BCUT2D eigenvalue weighted by atomic mass is 15.1. The first-order chi connectivity index (χ1) is 6.86. The third-order valence-corrected chi connectivity index (χ3v) is 2.20. The second-order valence-electron chi connectivity index (χ2n) is 2.99. The number of aromatic nitrogens is 2. The Morgan fingerprint density at radius 3 is 3.00 bits per heavy atom. The molecule has 1 aromatic heterocycles. The van der Waals surface area contributed by atoms with Crippen LogP contribution in [0.15, 0.2) is 24.3 Å². The van der Waals surface area contributed by atoms with Crippen molar-refractivity contribution in [2.45, 2.75) is 13.5 Å². The highest BCUT2D eigenvalue weighted by Gasteiger charge is 2.05. The lowest BCUT2D eigenvalue weighted by Gasteiger charge is -2.00. The Kier molecular flexibility index (Phi) is 2.17. The third kappa shape index (κ3) is 1.24. The van der Waals surface area contributed by atoms with Crippen LogP contribution >= 0.6 is 0 Å². The van der Waals surface area contributed by atoms with Gasteiger partial charge in [0.1, 0.15) is 5.82 Å². The van der Waals surface area contributed by atoms with Crippen molar-refractivity contribution >= 4 is 23.0 Å². The smallest absolute Gasteiger partial charge is 0.143 e. The highest BCUT2D eigenvalue weighted by molar-refractivity contribution is 5.81. The van der Waals surface area contributed by atoms with Gasteiger partial charge in [-0.25, -0.2) is 4.98 Å². The van der Waals surface area contributed by atoms with Gasteiger partial charge in [-0.15, -0.1) is 0 Å². The highest BCUT2D eigenvalue weighted by Crippen LogP contribution is 2.15. The fourth-order valence-corrected chi connectivity index (χ4v) is 1.60. The van der Waals surface area contributed by atoms with E-state index in [1.165, 1.54) is 0 Å². The third-order valence-electron chi connectivity index (χ3n) is 2.20. The summed E-state index contributed by atoms with van der Waals surface area (Å²) in [7, 11) is 0. The topological polar surface area (TPSA) is 41.7 Å². The van der Waals surface area contributed by atoms with Crippen molar-refractivity contribution in [3.05, 3.63) is 30.1 Å². The molecule has 0 amide bonds. The minimum Gasteiger partial charge on any atom is -0.324 e. The van der Waals surface area contributed by atoms with E-state index < -0.39 is 0 Å². The number of benzene rings is 1. The van der Waals surface area contributed by atoms with Gasteiger partial charge in [0, 0.05) is 12.6 Å². The summed E-state index contributed by atoms with van der Waals surface area (Å²) >= 11 is 0. The minimum atomic E-state index is 0.795. The molecular formula is C11H11N3. The molecule has 14 heavy (non-hydrogen) atoms. The van der Waals surface area contributed by atoms with Gasteiger partial charge in [-0.3, -0.25) is 5.41 Å². The van der Waals surface area contributed by atoms with Crippen molar-refractivity contribution in [1.29, 1.82) is 5.41 Å². The van der Waals surface area contributed by atoms with Crippen LogP contribution in [0.25, 0.3) is 17.1 Å². The maximum atomic E-state index is 6.93. The Balaban J connectivity index is 2.78. The predicted molar refractivity (Wildman–Crippen MR) is 57.6 cm³/mol. The summed E-state index contributed by atoms with van der Waals surface area (Å²) in [5.74, 6) is 3.06. The summed E-state index contributed by atoms with van der Waals surface area (Å²) < 4.78 is 2.07. The molecule has 70 valence electrons. The number of nitrogens with one attached hydrogen (secondary N) is 1. The largest absolute Gasteiger partial charge is 0.324 e. The molecule has 1 heterocycles. The van der Waals surface area contributed by atoms with Gasteiger partial charge in [-0.1, -0.05) is 12.1 Å². The Morgan fingerprint density at radius 1 is 1.50 bits per heavy atom. The van der Waals surface area contributed by atoms with E-state index in [4.69, 9.17) is 5.41 Å². The Morgan fingerprint density at radius 2 is 2.29 bits per heavy atom. The van der Waals surface area contributed by atoms with Crippen molar-refractivity contribution in [2.24, 2.45) is 0 Å². The molecule has 0 fully saturated rings. The molecule has 0 saturated heterocycles. The molecule has 2 rings (SSSR count). The second-order valence-corrected chi connectivity index (χ2v) is 2.99. The molecule has 0 atom stereocenters. The number of nitrogens with zero attached hydrogens (tertiary/aromatic N) is 2.